The zero-order valence-corrected chi connectivity index (χ0v) is 19.8. The highest BCUT2D eigenvalue weighted by Crippen LogP contribution is 2.07. The van der Waals surface area contributed by atoms with Gasteiger partial charge >= 0.3 is 0 Å². The standard InChI is InChI=1S/C23H37N7O5/c24-23(25)27-11-5-9-18(29-20(33)17-8-4-10-26-17)21(34)30-19(14-32)22(35)28-16(13-31)12-15-6-2-1-3-7-15/h1-3,6-7,16-19,26,31-32H,4-5,8-14H2,(H,28,35)(H,29,33)(H,30,34)(H4,24,25,27)/t16-,17-,18-,19-/m0/s1. The van der Waals surface area contributed by atoms with Crippen LogP contribution in [-0.2, 0) is 20.8 Å². The van der Waals surface area contributed by atoms with Crippen molar-refractivity contribution in [3.05, 3.63) is 35.9 Å². The van der Waals surface area contributed by atoms with Gasteiger partial charge < -0.3 is 42.9 Å². The number of hydrogen-bond donors (Lipinski definition) is 8. The van der Waals surface area contributed by atoms with Crippen molar-refractivity contribution in [3.63, 3.8) is 0 Å². The molecule has 1 aromatic rings. The lowest BCUT2D eigenvalue weighted by atomic mass is 10.1. The average molecular weight is 492 g/mol. The molecule has 1 aromatic carbocycles. The van der Waals surface area contributed by atoms with Gasteiger partial charge in [-0.3, -0.25) is 19.4 Å². The summed E-state index contributed by atoms with van der Waals surface area (Å²) in [7, 11) is 0. The predicted octanol–water partition coefficient (Wildman–Crippen LogP) is -2.53. The first-order valence-corrected chi connectivity index (χ1v) is 11.8. The molecule has 0 saturated carbocycles. The van der Waals surface area contributed by atoms with Gasteiger partial charge in [-0.15, -0.1) is 0 Å². The maximum absolute atomic E-state index is 13.0. The molecule has 194 valence electrons. The van der Waals surface area contributed by atoms with Crippen molar-refractivity contribution in [2.75, 3.05) is 26.3 Å². The number of aliphatic hydroxyl groups excluding tert-OH is 2. The van der Waals surface area contributed by atoms with E-state index in [-0.39, 0.29) is 37.5 Å². The quantitative estimate of drug-likeness (QED) is 0.0790. The van der Waals surface area contributed by atoms with Gasteiger partial charge in [0.2, 0.25) is 17.7 Å². The number of benzene rings is 1. The molecule has 0 aliphatic carbocycles. The molecule has 0 unspecified atom stereocenters. The second-order valence-electron chi connectivity index (χ2n) is 8.48. The molecular formula is C23H37N7O5. The fourth-order valence-electron chi connectivity index (χ4n) is 3.78. The largest absolute Gasteiger partial charge is 0.394 e. The SMILES string of the molecule is NC(N)=NCCC[C@H](NC(=O)[C@@H]1CCCN1)C(=O)N[C@@H](CO)C(=O)N[C@H](CO)Cc1ccccc1. The Labute approximate surface area is 204 Å². The van der Waals surface area contributed by atoms with E-state index in [0.29, 0.717) is 19.3 Å². The van der Waals surface area contributed by atoms with Crippen molar-refractivity contribution in [3.8, 4) is 0 Å². The summed E-state index contributed by atoms with van der Waals surface area (Å²) in [5.74, 6) is -1.63. The van der Waals surface area contributed by atoms with Crippen LogP contribution < -0.4 is 32.7 Å². The van der Waals surface area contributed by atoms with Gasteiger partial charge in [0.25, 0.3) is 0 Å². The van der Waals surface area contributed by atoms with Crippen LogP contribution in [0.1, 0.15) is 31.2 Å². The van der Waals surface area contributed by atoms with Crippen molar-refractivity contribution >= 4 is 23.7 Å². The zero-order valence-electron chi connectivity index (χ0n) is 19.8. The predicted molar refractivity (Wildman–Crippen MR) is 131 cm³/mol. The number of hydrogen-bond acceptors (Lipinski definition) is 7. The smallest absolute Gasteiger partial charge is 0.245 e. The number of nitrogens with two attached hydrogens (primary N) is 2. The van der Waals surface area contributed by atoms with E-state index in [0.717, 1.165) is 18.5 Å². The second-order valence-corrected chi connectivity index (χ2v) is 8.48. The lowest BCUT2D eigenvalue weighted by Gasteiger charge is -2.25. The summed E-state index contributed by atoms with van der Waals surface area (Å²) >= 11 is 0. The first-order chi connectivity index (χ1) is 16.8. The minimum absolute atomic E-state index is 0.0730. The van der Waals surface area contributed by atoms with Crippen molar-refractivity contribution in [2.45, 2.75) is 56.3 Å². The van der Waals surface area contributed by atoms with Crippen LogP contribution in [0.4, 0.5) is 0 Å². The highest BCUT2D eigenvalue weighted by Gasteiger charge is 2.30. The number of aliphatic imine (C=N–C) groups is 1. The maximum atomic E-state index is 13.0. The van der Waals surface area contributed by atoms with Gasteiger partial charge in [-0.2, -0.15) is 0 Å². The third kappa shape index (κ3) is 9.89. The number of carbonyl (C=O) groups is 3. The Hall–Kier alpha value is -3.22. The minimum Gasteiger partial charge on any atom is -0.394 e. The molecule has 4 atom stereocenters. The van der Waals surface area contributed by atoms with Crippen molar-refractivity contribution in [2.24, 2.45) is 16.5 Å². The van der Waals surface area contributed by atoms with Gasteiger partial charge in [0.15, 0.2) is 5.96 Å². The van der Waals surface area contributed by atoms with Crippen LogP contribution in [0, 0.1) is 0 Å². The molecule has 12 heteroatoms. The first kappa shape index (κ1) is 28.0. The van der Waals surface area contributed by atoms with Crippen LogP contribution in [0.15, 0.2) is 35.3 Å². The Bertz CT molecular complexity index is 842. The molecule has 2 rings (SSSR count). The molecule has 0 spiro atoms. The molecule has 12 nitrogen and oxygen atoms in total. The van der Waals surface area contributed by atoms with E-state index in [1.165, 1.54) is 0 Å². The summed E-state index contributed by atoms with van der Waals surface area (Å²) in [5, 5.41) is 30.4. The number of nitrogens with zero attached hydrogens (tertiary/aromatic N) is 1. The molecule has 0 aromatic heterocycles. The number of aliphatic hydroxyl groups is 2. The Morgan fingerprint density at radius 2 is 1.74 bits per heavy atom. The Balaban J connectivity index is 1.99. The van der Waals surface area contributed by atoms with Gasteiger partial charge in [0.1, 0.15) is 12.1 Å². The van der Waals surface area contributed by atoms with Gasteiger partial charge in [0.05, 0.1) is 25.3 Å². The number of nitrogens with one attached hydrogen (secondary N) is 4. The first-order valence-electron chi connectivity index (χ1n) is 11.8. The van der Waals surface area contributed by atoms with Crippen LogP contribution in [0.2, 0.25) is 0 Å². The number of guanidine groups is 1. The molecule has 10 N–H and O–H groups in total. The van der Waals surface area contributed by atoms with Gasteiger partial charge in [-0.1, -0.05) is 30.3 Å². The van der Waals surface area contributed by atoms with Crippen LogP contribution in [-0.4, -0.2) is 84.4 Å². The molecule has 35 heavy (non-hydrogen) atoms. The Morgan fingerprint density at radius 3 is 2.34 bits per heavy atom. The highest BCUT2D eigenvalue weighted by molar-refractivity contribution is 5.93. The van der Waals surface area contributed by atoms with E-state index < -0.39 is 36.5 Å². The molecule has 1 fully saturated rings. The topological polar surface area (TPSA) is 204 Å². The number of amides is 3. The molecule has 1 heterocycles. The molecule has 1 aliphatic heterocycles. The molecule has 3 amide bonds. The molecule has 1 saturated heterocycles. The van der Waals surface area contributed by atoms with Gasteiger partial charge in [0, 0.05) is 6.54 Å². The van der Waals surface area contributed by atoms with Crippen molar-refractivity contribution in [1.82, 2.24) is 21.3 Å². The van der Waals surface area contributed by atoms with E-state index in [1.54, 1.807) is 0 Å². The van der Waals surface area contributed by atoms with Gasteiger partial charge in [-0.25, -0.2) is 0 Å². The van der Waals surface area contributed by atoms with Gasteiger partial charge in [-0.05, 0) is 44.2 Å². The molecule has 0 bridgehead atoms. The fourth-order valence-corrected chi connectivity index (χ4v) is 3.78. The normalized spacial score (nSPS) is 17.6. The maximum Gasteiger partial charge on any atom is 0.245 e. The summed E-state index contributed by atoms with van der Waals surface area (Å²) < 4.78 is 0. The van der Waals surface area contributed by atoms with E-state index in [4.69, 9.17) is 11.5 Å². The second kappa shape index (κ2) is 14.9. The zero-order chi connectivity index (χ0) is 25.6. The lowest BCUT2D eigenvalue weighted by molar-refractivity contribution is -0.133. The molecule has 1 aliphatic rings. The minimum atomic E-state index is -1.26. The summed E-state index contributed by atoms with van der Waals surface area (Å²) in [5.41, 5.74) is 11.6. The Kier molecular flexibility index (Phi) is 11.9. The van der Waals surface area contributed by atoms with E-state index in [9.17, 15) is 24.6 Å². The molecular weight excluding hydrogens is 454 g/mol. The van der Waals surface area contributed by atoms with Crippen LogP contribution >= 0.6 is 0 Å². The van der Waals surface area contributed by atoms with Crippen LogP contribution in [0.25, 0.3) is 0 Å². The fraction of sp³-hybridized carbons (Fsp3) is 0.565. The summed E-state index contributed by atoms with van der Waals surface area (Å²) in [6.07, 6.45) is 2.55. The Morgan fingerprint density at radius 1 is 1.03 bits per heavy atom. The highest BCUT2D eigenvalue weighted by atomic mass is 16.3. The summed E-state index contributed by atoms with van der Waals surface area (Å²) in [6, 6.07) is 6.12. The van der Waals surface area contributed by atoms with E-state index >= 15 is 0 Å². The summed E-state index contributed by atoms with van der Waals surface area (Å²) in [6.45, 7) is 0.0247. The summed E-state index contributed by atoms with van der Waals surface area (Å²) in [4.78, 5) is 42.1. The van der Waals surface area contributed by atoms with Crippen molar-refractivity contribution in [1.29, 1.82) is 0 Å². The van der Waals surface area contributed by atoms with Crippen LogP contribution in [0.5, 0.6) is 0 Å². The molecule has 0 radical (unpaired) electrons. The average Bonchev–Trinajstić information content (AvgIpc) is 3.39. The monoisotopic (exact) mass is 491 g/mol. The number of carbonyl (C=O) groups excluding carboxylic acids is 3. The number of rotatable bonds is 14. The van der Waals surface area contributed by atoms with E-state index in [1.807, 2.05) is 30.3 Å². The van der Waals surface area contributed by atoms with Crippen LogP contribution in [0.3, 0.4) is 0 Å². The third-order valence-electron chi connectivity index (χ3n) is 5.66. The van der Waals surface area contributed by atoms with Crippen molar-refractivity contribution < 1.29 is 24.6 Å². The third-order valence-corrected chi connectivity index (χ3v) is 5.66. The van der Waals surface area contributed by atoms with E-state index in [2.05, 4.69) is 26.3 Å². The lowest BCUT2D eigenvalue weighted by Crippen LogP contribution is -2.57.